The Bertz CT molecular complexity index is 1440. The lowest BCUT2D eigenvalue weighted by atomic mass is 9.77. The van der Waals surface area contributed by atoms with E-state index in [0.717, 1.165) is 17.2 Å². The van der Waals surface area contributed by atoms with Gasteiger partial charge in [0, 0.05) is 48.0 Å². The van der Waals surface area contributed by atoms with Gasteiger partial charge in [0.1, 0.15) is 0 Å². The van der Waals surface area contributed by atoms with Crippen molar-refractivity contribution < 1.29 is 36.6 Å². The zero-order valence-corrected chi connectivity index (χ0v) is 22.0. The zero-order valence-electron chi connectivity index (χ0n) is 21.2. The van der Waals surface area contributed by atoms with Gasteiger partial charge in [0.05, 0.1) is 22.5 Å². The van der Waals surface area contributed by atoms with Gasteiger partial charge in [-0.15, -0.1) is 11.6 Å². The second kappa shape index (κ2) is 11.0. The summed E-state index contributed by atoms with van der Waals surface area (Å²) in [5, 5.41) is 13.5. The molecule has 1 aliphatic heterocycles. The monoisotopic (exact) mass is 594 g/mol. The number of hydrogen-bond acceptors (Lipinski definition) is 5. The highest BCUT2D eigenvalue weighted by atomic mass is 35.5. The maximum absolute atomic E-state index is 14.2. The smallest absolute Gasteiger partial charge is 0.370 e. The Labute approximate surface area is 236 Å². The molecule has 1 aliphatic carbocycles. The van der Waals surface area contributed by atoms with Crippen LogP contribution >= 0.6 is 11.6 Å². The summed E-state index contributed by atoms with van der Waals surface area (Å²) in [6.07, 6.45) is -4.08. The highest BCUT2D eigenvalue weighted by molar-refractivity contribution is 6.21. The van der Waals surface area contributed by atoms with Crippen LogP contribution in [-0.2, 0) is 16.6 Å². The van der Waals surface area contributed by atoms with Gasteiger partial charge in [0.25, 0.3) is 11.8 Å². The first-order valence-electron chi connectivity index (χ1n) is 12.7. The summed E-state index contributed by atoms with van der Waals surface area (Å²) >= 11 is 6.64. The van der Waals surface area contributed by atoms with Gasteiger partial charge in [-0.2, -0.15) is 13.2 Å². The Kier molecular flexibility index (Phi) is 7.73. The first kappa shape index (κ1) is 28.9. The molecule has 0 bridgehead atoms. The molecule has 2 N–H and O–H groups in total. The third-order valence-electron chi connectivity index (χ3n) is 7.66. The Morgan fingerprint density at radius 3 is 2.59 bits per heavy atom. The molecular weight excluding hydrogens is 571 g/mol. The molecule has 1 aromatic carbocycles. The van der Waals surface area contributed by atoms with Gasteiger partial charge in [0.15, 0.2) is 0 Å². The van der Waals surface area contributed by atoms with Crippen molar-refractivity contribution in [2.75, 3.05) is 11.4 Å². The van der Waals surface area contributed by atoms with Gasteiger partial charge >= 0.3 is 6.18 Å². The number of fused-ring (bicyclic) bond motifs is 1. The molecule has 2 amide bonds. The predicted molar refractivity (Wildman–Crippen MR) is 138 cm³/mol. The molecule has 13 heteroatoms. The molecule has 2 aromatic heterocycles. The van der Waals surface area contributed by atoms with Crippen LogP contribution in [-0.4, -0.2) is 51.3 Å². The van der Waals surface area contributed by atoms with Crippen molar-refractivity contribution in [1.29, 1.82) is 0 Å². The Morgan fingerprint density at radius 2 is 1.90 bits per heavy atom. The lowest BCUT2D eigenvalue weighted by Crippen LogP contribution is -2.52. The van der Waals surface area contributed by atoms with Crippen molar-refractivity contribution in [2.45, 2.75) is 42.5 Å². The zero-order chi connectivity index (χ0) is 29.5. The fraction of sp³-hybridized carbons (Fsp3) is 0.357. The lowest BCUT2D eigenvalue weighted by molar-refractivity contribution is -0.138. The van der Waals surface area contributed by atoms with Crippen LogP contribution < -0.4 is 10.2 Å². The number of aromatic nitrogens is 2. The molecule has 0 saturated heterocycles. The van der Waals surface area contributed by atoms with Crippen LogP contribution in [0.15, 0.2) is 67.1 Å². The van der Waals surface area contributed by atoms with E-state index in [2.05, 4.69) is 15.3 Å². The van der Waals surface area contributed by atoms with Crippen molar-refractivity contribution in [3.05, 3.63) is 89.5 Å². The molecule has 1 saturated carbocycles. The molecule has 0 spiro atoms. The van der Waals surface area contributed by atoms with Crippen molar-refractivity contribution in [3.8, 4) is 0 Å². The number of aliphatic hydroxyl groups is 1. The van der Waals surface area contributed by atoms with Gasteiger partial charge in [-0.25, -0.2) is 8.78 Å². The fourth-order valence-corrected chi connectivity index (χ4v) is 5.93. The minimum atomic E-state index is -4.74. The van der Waals surface area contributed by atoms with E-state index in [1.54, 1.807) is 12.1 Å². The molecule has 216 valence electrons. The van der Waals surface area contributed by atoms with E-state index in [-0.39, 0.29) is 36.2 Å². The van der Waals surface area contributed by atoms with Crippen molar-refractivity contribution in [2.24, 2.45) is 11.8 Å². The van der Waals surface area contributed by atoms with E-state index in [9.17, 15) is 36.6 Å². The lowest BCUT2D eigenvalue weighted by Gasteiger charge is -2.40. The predicted octanol–water partition coefficient (Wildman–Crippen LogP) is 4.78. The quantitative estimate of drug-likeness (QED) is 0.317. The number of nitrogens with one attached hydrogen (secondary N) is 1. The number of anilines is 1. The van der Waals surface area contributed by atoms with Crippen LogP contribution in [0.2, 0.25) is 0 Å². The van der Waals surface area contributed by atoms with E-state index in [1.807, 2.05) is 0 Å². The van der Waals surface area contributed by atoms with Crippen LogP contribution in [0.25, 0.3) is 0 Å². The molecular formula is C28H24ClF5N4O3. The number of nitrogens with zero attached hydrogens (tertiary/aromatic N) is 3. The normalized spacial score (nSPS) is 26.2. The molecule has 5 rings (SSSR count). The van der Waals surface area contributed by atoms with Crippen molar-refractivity contribution >= 4 is 29.1 Å². The standard InChI is InChI=1S/C28H24ClF5N4O3/c29-20-12-21(37-25(39)15-4-3-8-35-13-15)18(24(30)31)10-16(20)14-38-22-6-2-1-5-19(22)27(41,26(38)40)23-11-17(7-9-36-23)28(32,33)34/h1-9,11,13,16,18,20-21,24,41H,10,12,14H2,(H,37,39)/t16-,18-,20-,21-,27-/m1/s1. The van der Waals surface area contributed by atoms with Crippen LogP contribution in [0.4, 0.5) is 27.6 Å². The van der Waals surface area contributed by atoms with Crippen LogP contribution in [0.1, 0.15) is 40.0 Å². The Morgan fingerprint density at radius 1 is 1.15 bits per heavy atom. The summed E-state index contributed by atoms with van der Waals surface area (Å²) in [5.74, 6) is -3.50. The molecule has 3 aromatic rings. The minimum absolute atomic E-state index is 0.0175. The highest BCUT2D eigenvalue weighted by Gasteiger charge is 2.54. The third-order valence-corrected chi connectivity index (χ3v) is 8.20. The third kappa shape index (κ3) is 5.38. The number of pyridine rings is 2. The number of carbonyl (C=O) groups is 2. The Hall–Kier alpha value is -3.64. The summed E-state index contributed by atoms with van der Waals surface area (Å²) in [6, 6.07) is 9.44. The Balaban J connectivity index is 1.40. The molecule has 3 heterocycles. The highest BCUT2D eigenvalue weighted by Crippen LogP contribution is 2.46. The number of carbonyl (C=O) groups excluding carboxylic acids is 2. The molecule has 0 unspecified atom stereocenters. The maximum atomic E-state index is 14.2. The number of para-hydroxylation sites is 1. The number of halogens is 6. The van der Waals surface area contributed by atoms with Crippen LogP contribution in [0, 0.1) is 11.8 Å². The van der Waals surface area contributed by atoms with E-state index in [4.69, 9.17) is 11.6 Å². The van der Waals surface area contributed by atoms with Gasteiger partial charge in [0.2, 0.25) is 12.0 Å². The summed E-state index contributed by atoms with van der Waals surface area (Å²) in [6.45, 7) is -0.183. The largest absolute Gasteiger partial charge is 0.416 e. The second-order valence-electron chi connectivity index (χ2n) is 10.1. The summed E-state index contributed by atoms with van der Waals surface area (Å²) in [4.78, 5) is 35.2. The van der Waals surface area contributed by atoms with Gasteiger partial charge in [-0.05, 0) is 49.1 Å². The molecule has 2 aliphatic rings. The van der Waals surface area contributed by atoms with E-state index >= 15 is 0 Å². The topological polar surface area (TPSA) is 95.4 Å². The van der Waals surface area contributed by atoms with E-state index in [0.29, 0.717) is 6.07 Å². The number of hydrogen-bond donors (Lipinski definition) is 2. The maximum Gasteiger partial charge on any atom is 0.416 e. The summed E-state index contributed by atoms with van der Waals surface area (Å²) in [5.41, 5.74) is -3.70. The SMILES string of the molecule is O=C(N[C@@H]1C[C@@H](Cl)[C@@H](CN2C(=O)[C@](O)(c3cc(C(F)(F)F)ccn3)c3ccccc32)C[C@H]1C(F)F)c1cccnc1. The molecule has 0 radical (unpaired) electrons. The average Bonchev–Trinajstić information content (AvgIpc) is 3.17. The number of benzene rings is 1. The van der Waals surface area contributed by atoms with E-state index in [1.165, 1.54) is 36.7 Å². The number of rotatable bonds is 6. The number of amides is 2. The van der Waals surface area contributed by atoms with Gasteiger partial charge in [-0.3, -0.25) is 19.6 Å². The average molecular weight is 595 g/mol. The molecule has 5 atom stereocenters. The number of alkyl halides is 6. The molecule has 7 nitrogen and oxygen atoms in total. The second-order valence-corrected chi connectivity index (χ2v) is 10.7. The van der Waals surface area contributed by atoms with Gasteiger partial charge < -0.3 is 15.3 Å². The van der Waals surface area contributed by atoms with Crippen molar-refractivity contribution in [3.63, 3.8) is 0 Å². The fourth-order valence-electron chi connectivity index (χ4n) is 5.56. The summed E-state index contributed by atoms with van der Waals surface area (Å²) < 4.78 is 68.6. The van der Waals surface area contributed by atoms with Gasteiger partial charge in [-0.1, -0.05) is 18.2 Å². The van der Waals surface area contributed by atoms with Crippen molar-refractivity contribution in [1.82, 2.24) is 15.3 Å². The van der Waals surface area contributed by atoms with E-state index < -0.39 is 64.5 Å². The van der Waals surface area contributed by atoms with Crippen LogP contribution in [0.3, 0.4) is 0 Å². The summed E-state index contributed by atoms with van der Waals surface area (Å²) in [7, 11) is 0. The first-order chi connectivity index (χ1) is 19.4. The minimum Gasteiger partial charge on any atom is -0.370 e. The first-order valence-corrected chi connectivity index (χ1v) is 13.2. The van der Waals surface area contributed by atoms with Crippen LogP contribution in [0.5, 0.6) is 0 Å². The molecule has 41 heavy (non-hydrogen) atoms. The molecule has 1 fully saturated rings.